The Morgan fingerprint density at radius 3 is 2.50 bits per heavy atom. The van der Waals surface area contributed by atoms with Gasteiger partial charge in [0, 0.05) is 44.3 Å². The molecule has 144 valence electrons. The van der Waals surface area contributed by atoms with Gasteiger partial charge in [-0.05, 0) is 31.2 Å². The number of rotatable bonds is 8. The maximum atomic E-state index is 12.5. The van der Waals surface area contributed by atoms with Crippen LogP contribution in [0.15, 0.2) is 24.3 Å². The Morgan fingerprint density at radius 2 is 1.88 bits per heavy atom. The molecule has 0 aromatic heterocycles. The van der Waals surface area contributed by atoms with E-state index in [4.69, 9.17) is 11.6 Å². The maximum Gasteiger partial charge on any atom is 0.236 e. The zero-order chi connectivity index (χ0) is 18.9. The third-order valence-electron chi connectivity index (χ3n) is 4.57. The number of hydrogen-bond acceptors (Lipinski definition) is 4. The number of hydrogen-bond donors (Lipinski definition) is 1. The van der Waals surface area contributed by atoms with Gasteiger partial charge in [-0.15, -0.1) is 0 Å². The van der Waals surface area contributed by atoms with E-state index in [1.54, 1.807) is 0 Å². The van der Waals surface area contributed by atoms with Crippen molar-refractivity contribution in [2.24, 2.45) is 0 Å². The van der Waals surface area contributed by atoms with Gasteiger partial charge in [-0.3, -0.25) is 19.4 Å². The van der Waals surface area contributed by atoms with Crippen LogP contribution in [0.25, 0.3) is 0 Å². The van der Waals surface area contributed by atoms with E-state index in [2.05, 4.69) is 16.3 Å². The molecule has 2 rings (SSSR count). The molecule has 0 bridgehead atoms. The van der Waals surface area contributed by atoms with Crippen molar-refractivity contribution in [2.75, 3.05) is 52.4 Å². The van der Waals surface area contributed by atoms with Gasteiger partial charge in [0.1, 0.15) is 0 Å². The summed E-state index contributed by atoms with van der Waals surface area (Å²) in [5, 5.41) is 3.53. The van der Waals surface area contributed by atoms with E-state index in [-0.39, 0.29) is 18.4 Å². The molecule has 1 N–H and O–H groups in total. The summed E-state index contributed by atoms with van der Waals surface area (Å²) in [4.78, 5) is 30.4. The van der Waals surface area contributed by atoms with Gasteiger partial charge in [0.2, 0.25) is 11.8 Å². The quantitative estimate of drug-likeness (QED) is 0.741. The van der Waals surface area contributed by atoms with Crippen LogP contribution in [0.4, 0.5) is 0 Å². The first-order valence-corrected chi connectivity index (χ1v) is 9.63. The third-order valence-corrected chi connectivity index (χ3v) is 4.80. The van der Waals surface area contributed by atoms with E-state index in [0.29, 0.717) is 19.6 Å². The molecular formula is C19H29ClN4O2. The summed E-state index contributed by atoms with van der Waals surface area (Å²) in [6.07, 6.45) is 0. The Hall–Kier alpha value is -1.63. The maximum absolute atomic E-state index is 12.5. The van der Waals surface area contributed by atoms with Crippen LogP contribution in [0.3, 0.4) is 0 Å². The lowest BCUT2D eigenvalue weighted by atomic mass is 10.2. The molecule has 6 nitrogen and oxygen atoms in total. The second-order valence-electron chi connectivity index (χ2n) is 6.54. The van der Waals surface area contributed by atoms with Gasteiger partial charge >= 0.3 is 0 Å². The van der Waals surface area contributed by atoms with E-state index in [0.717, 1.165) is 37.7 Å². The molecule has 1 aliphatic heterocycles. The lowest BCUT2D eigenvalue weighted by Crippen LogP contribution is -2.51. The van der Waals surface area contributed by atoms with Gasteiger partial charge < -0.3 is 10.2 Å². The highest BCUT2D eigenvalue weighted by Gasteiger charge is 2.23. The molecule has 0 aliphatic carbocycles. The average Bonchev–Trinajstić information content (AvgIpc) is 2.62. The van der Waals surface area contributed by atoms with E-state index in [9.17, 15) is 9.59 Å². The number of carbonyl (C=O) groups excluding carboxylic acids is 2. The van der Waals surface area contributed by atoms with Gasteiger partial charge in [0.25, 0.3) is 0 Å². The number of nitrogens with zero attached hydrogens (tertiary/aromatic N) is 3. The fourth-order valence-corrected chi connectivity index (χ4v) is 3.29. The van der Waals surface area contributed by atoms with Gasteiger partial charge in [-0.2, -0.15) is 0 Å². The Balaban J connectivity index is 1.77. The average molecular weight is 381 g/mol. The fraction of sp³-hybridized carbons (Fsp3) is 0.579. The molecular weight excluding hydrogens is 352 g/mol. The minimum atomic E-state index is -0.0338. The molecule has 7 heteroatoms. The van der Waals surface area contributed by atoms with Gasteiger partial charge in [0.15, 0.2) is 0 Å². The van der Waals surface area contributed by atoms with Crippen molar-refractivity contribution in [1.29, 1.82) is 0 Å². The zero-order valence-electron chi connectivity index (χ0n) is 15.7. The van der Waals surface area contributed by atoms with Crippen molar-refractivity contribution in [3.05, 3.63) is 34.9 Å². The van der Waals surface area contributed by atoms with Gasteiger partial charge in [-0.25, -0.2) is 0 Å². The minimum Gasteiger partial charge on any atom is -0.355 e. The van der Waals surface area contributed by atoms with Crippen LogP contribution in [0.2, 0.25) is 5.02 Å². The molecule has 1 heterocycles. The number of amides is 2. The second kappa shape index (κ2) is 10.5. The molecule has 2 amide bonds. The lowest BCUT2D eigenvalue weighted by Gasteiger charge is -2.35. The van der Waals surface area contributed by atoms with Crippen molar-refractivity contribution >= 4 is 23.4 Å². The summed E-state index contributed by atoms with van der Waals surface area (Å²) in [7, 11) is 0. The Bertz CT molecular complexity index is 603. The van der Waals surface area contributed by atoms with E-state index in [1.807, 2.05) is 41.8 Å². The normalized spacial score (nSPS) is 15.3. The Labute approximate surface area is 161 Å². The molecule has 1 aromatic carbocycles. The largest absolute Gasteiger partial charge is 0.355 e. The second-order valence-corrected chi connectivity index (χ2v) is 6.98. The van der Waals surface area contributed by atoms with Crippen LogP contribution in [-0.4, -0.2) is 78.9 Å². The van der Waals surface area contributed by atoms with Crippen molar-refractivity contribution < 1.29 is 9.59 Å². The monoisotopic (exact) mass is 380 g/mol. The third kappa shape index (κ3) is 6.59. The highest BCUT2D eigenvalue weighted by molar-refractivity contribution is 6.30. The highest BCUT2D eigenvalue weighted by Crippen LogP contribution is 2.14. The van der Waals surface area contributed by atoms with Gasteiger partial charge in [0.05, 0.1) is 13.1 Å². The van der Waals surface area contributed by atoms with Crippen LogP contribution >= 0.6 is 11.6 Å². The molecule has 26 heavy (non-hydrogen) atoms. The van der Waals surface area contributed by atoms with Crippen LogP contribution in [0, 0.1) is 0 Å². The number of halogens is 1. The first kappa shape index (κ1) is 20.7. The lowest BCUT2D eigenvalue weighted by molar-refractivity contribution is -0.134. The summed E-state index contributed by atoms with van der Waals surface area (Å²) in [5.41, 5.74) is 1.19. The first-order valence-electron chi connectivity index (χ1n) is 9.25. The summed E-state index contributed by atoms with van der Waals surface area (Å²) in [6, 6.07) is 7.90. The topological polar surface area (TPSA) is 55.9 Å². The molecule has 1 saturated heterocycles. The smallest absolute Gasteiger partial charge is 0.236 e. The number of nitrogens with one attached hydrogen (secondary N) is 1. The zero-order valence-corrected chi connectivity index (χ0v) is 16.5. The highest BCUT2D eigenvalue weighted by atomic mass is 35.5. The molecule has 0 radical (unpaired) electrons. The molecule has 0 atom stereocenters. The molecule has 1 aromatic rings. The molecule has 1 fully saturated rings. The Kier molecular flexibility index (Phi) is 8.35. The van der Waals surface area contributed by atoms with Crippen LogP contribution in [-0.2, 0) is 16.1 Å². The predicted molar refractivity (Wildman–Crippen MR) is 104 cm³/mol. The molecule has 0 spiro atoms. The van der Waals surface area contributed by atoms with Crippen LogP contribution in [0.1, 0.15) is 19.4 Å². The van der Waals surface area contributed by atoms with Crippen molar-refractivity contribution in [1.82, 2.24) is 20.0 Å². The van der Waals surface area contributed by atoms with Crippen molar-refractivity contribution in [3.8, 4) is 0 Å². The molecule has 0 saturated carbocycles. The number of likely N-dealkylation sites (N-methyl/N-ethyl adjacent to an activating group) is 2. The summed E-state index contributed by atoms with van der Waals surface area (Å²) < 4.78 is 0. The van der Waals surface area contributed by atoms with E-state index in [1.165, 1.54) is 5.56 Å². The van der Waals surface area contributed by atoms with Crippen molar-refractivity contribution in [2.45, 2.75) is 20.4 Å². The first-order chi connectivity index (χ1) is 12.5. The SMILES string of the molecule is CCNC(=O)CN(CC)CC(=O)N1CCN(Cc2cccc(Cl)c2)CC1. The van der Waals surface area contributed by atoms with E-state index < -0.39 is 0 Å². The molecule has 1 aliphatic rings. The molecule has 0 unspecified atom stereocenters. The number of benzene rings is 1. The van der Waals surface area contributed by atoms with Crippen LogP contribution in [0.5, 0.6) is 0 Å². The fourth-order valence-electron chi connectivity index (χ4n) is 3.08. The number of carbonyl (C=O) groups is 2. The predicted octanol–water partition coefficient (Wildman–Crippen LogP) is 1.44. The summed E-state index contributed by atoms with van der Waals surface area (Å²) in [5.74, 6) is 0.0621. The summed E-state index contributed by atoms with van der Waals surface area (Å²) >= 11 is 6.04. The summed E-state index contributed by atoms with van der Waals surface area (Å²) in [6.45, 7) is 9.69. The van der Waals surface area contributed by atoms with Gasteiger partial charge in [-0.1, -0.05) is 30.7 Å². The Morgan fingerprint density at radius 1 is 1.15 bits per heavy atom. The van der Waals surface area contributed by atoms with Crippen molar-refractivity contribution in [3.63, 3.8) is 0 Å². The van der Waals surface area contributed by atoms with Crippen LogP contribution < -0.4 is 5.32 Å². The minimum absolute atomic E-state index is 0.0338. The number of piperazine rings is 1. The van der Waals surface area contributed by atoms with E-state index >= 15 is 0 Å². The standard InChI is InChI=1S/C19H29ClN4O2/c1-3-21-18(25)14-22(4-2)15-19(26)24-10-8-23(9-11-24)13-16-6-5-7-17(20)12-16/h5-7,12H,3-4,8-11,13-15H2,1-2H3,(H,21,25).